The average Bonchev–Trinajstić information content (AvgIpc) is 2.23. The van der Waals surface area contributed by atoms with Gasteiger partial charge in [0.25, 0.3) is 0 Å². The first-order valence-electron chi connectivity index (χ1n) is 3.95. The molecule has 0 atom stereocenters. The van der Waals surface area contributed by atoms with E-state index in [1.54, 1.807) is 0 Å². The van der Waals surface area contributed by atoms with Gasteiger partial charge < -0.3 is 4.74 Å². The van der Waals surface area contributed by atoms with Crippen LogP contribution in [0.5, 0.6) is 0 Å². The second-order valence-electron chi connectivity index (χ2n) is 2.54. The molecule has 4 nitrogen and oxygen atoms in total. The molecule has 1 rings (SSSR count). The fraction of sp³-hybridized carbons (Fsp3) is 0.111. The largest absolute Gasteiger partial charge is 0.452 e. The lowest BCUT2D eigenvalue weighted by molar-refractivity contribution is 0.171. The predicted octanol–water partition coefficient (Wildman–Crippen LogP) is 2.28. The Labute approximate surface area is 94.2 Å². The van der Waals surface area contributed by atoms with Crippen molar-refractivity contribution in [3.05, 3.63) is 34.1 Å². The molecular weight excluding hydrogens is 267 g/mol. The van der Waals surface area contributed by atoms with E-state index in [-0.39, 0.29) is 5.82 Å². The van der Waals surface area contributed by atoms with E-state index in [4.69, 9.17) is 0 Å². The second kappa shape index (κ2) is 5.45. The molecule has 0 saturated carbocycles. The molecule has 1 amide bonds. The maximum atomic E-state index is 12.8. The number of nitrogens with zero attached hydrogens (tertiary/aromatic N) is 1. The van der Waals surface area contributed by atoms with Crippen molar-refractivity contribution in [1.82, 2.24) is 5.43 Å². The molecule has 1 aromatic rings. The average molecular weight is 275 g/mol. The molecule has 0 saturated heterocycles. The van der Waals surface area contributed by atoms with Crippen molar-refractivity contribution in [1.29, 1.82) is 0 Å². The van der Waals surface area contributed by atoms with Gasteiger partial charge in [-0.2, -0.15) is 5.10 Å². The highest BCUT2D eigenvalue weighted by Gasteiger charge is 1.98. The molecule has 0 radical (unpaired) electrons. The topological polar surface area (TPSA) is 50.7 Å². The smallest absolute Gasteiger partial charge is 0.427 e. The molecule has 0 aliphatic heterocycles. The Morgan fingerprint density at radius 1 is 1.67 bits per heavy atom. The molecule has 0 unspecified atom stereocenters. The van der Waals surface area contributed by atoms with Crippen molar-refractivity contribution in [2.24, 2.45) is 5.10 Å². The third-order valence-corrected chi connectivity index (χ3v) is 2.11. The zero-order valence-electron chi connectivity index (χ0n) is 7.83. The van der Waals surface area contributed by atoms with Crippen LogP contribution in [-0.2, 0) is 4.74 Å². The third kappa shape index (κ3) is 3.67. The van der Waals surface area contributed by atoms with Crippen molar-refractivity contribution in [3.63, 3.8) is 0 Å². The van der Waals surface area contributed by atoms with Gasteiger partial charge in [-0.1, -0.05) is 6.07 Å². The van der Waals surface area contributed by atoms with Crippen molar-refractivity contribution in [2.75, 3.05) is 7.11 Å². The minimum absolute atomic E-state index is 0.338. The summed E-state index contributed by atoms with van der Waals surface area (Å²) in [6, 6.07) is 4.37. The van der Waals surface area contributed by atoms with Crippen LogP contribution in [0.25, 0.3) is 0 Å². The molecule has 6 heteroatoms. The van der Waals surface area contributed by atoms with Gasteiger partial charge in [0.1, 0.15) is 5.82 Å². The van der Waals surface area contributed by atoms with Crippen LogP contribution in [0, 0.1) is 5.82 Å². The first-order chi connectivity index (χ1) is 7.13. The van der Waals surface area contributed by atoms with Crippen LogP contribution in [-0.4, -0.2) is 19.4 Å². The molecule has 0 spiro atoms. The van der Waals surface area contributed by atoms with Crippen LogP contribution in [0.3, 0.4) is 0 Å². The van der Waals surface area contributed by atoms with Crippen LogP contribution in [0.4, 0.5) is 9.18 Å². The number of hydrazone groups is 1. The first-order valence-corrected chi connectivity index (χ1v) is 4.75. The third-order valence-electron chi connectivity index (χ3n) is 1.50. The summed E-state index contributed by atoms with van der Waals surface area (Å²) in [6.45, 7) is 0. The molecule has 80 valence electrons. The van der Waals surface area contributed by atoms with E-state index in [2.05, 4.69) is 31.2 Å². The van der Waals surface area contributed by atoms with Crippen LogP contribution in [0.1, 0.15) is 5.56 Å². The SMILES string of the molecule is COC(=O)N/N=C\c1ccc(F)c(Br)c1. The molecule has 0 bridgehead atoms. The minimum Gasteiger partial charge on any atom is -0.452 e. The van der Waals surface area contributed by atoms with E-state index >= 15 is 0 Å². The van der Waals surface area contributed by atoms with E-state index < -0.39 is 6.09 Å². The van der Waals surface area contributed by atoms with Crippen LogP contribution < -0.4 is 5.43 Å². The summed E-state index contributed by atoms with van der Waals surface area (Å²) < 4.78 is 17.5. The molecule has 15 heavy (non-hydrogen) atoms. The molecular formula is C9H8BrFN2O2. The number of methoxy groups -OCH3 is 1. The number of carbonyl (C=O) groups excluding carboxylic acids is 1. The summed E-state index contributed by atoms with van der Waals surface area (Å²) in [6.07, 6.45) is 0.716. The molecule has 0 fully saturated rings. The number of carbonyl (C=O) groups is 1. The van der Waals surface area contributed by atoms with Gasteiger partial charge in [0.15, 0.2) is 0 Å². The van der Waals surface area contributed by atoms with Gasteiger partial charge in [-0.05, 0) is 33.6 Å². The quantitative estimate of drug-likeness (QED) is 0.665. The zero-order valence-corrected chi connectivity index (χ0v) is 9.42. The molecule has 0 heterocycles. The normalized spacial score (nSPS) is 10.3. The summed E-state index contributed by atoms with van der Waals surface area (Å²) >= 11 is 3.03. The fourth-order valence-electron chi connectivity index (χ4n) is 0.798. The highest BCUT2D eigenvalue weighted by molar-refractivity contribution is 9.10. The Kier molecular flexibility index (Phi) is 4.23. The van der Waals surface area contributed by atoms with Gasteiger partial charge >= 0.3 is 6.09 Å². The Balaban J connectivity index is 2.65. The van der Waals surface area contributed by atoms with Gasteiger partial charge in [-0.3, -0.25) is 0 Å². The van der Waals surface area contributed by atoms with E-state index in [0.717, 1.165) is 0 Å². The summed E-state index contributed by atoms with van der Waals surface area (Å²) in [5.41, 5.74) is 2.77. The lowest BCUT2D eigenvalue weighted by Gasteiger charge is -1.97. The Morgan fingerprint density at radius 3 is 3.00 bits per heavy atom. The molecule has 0 aromatic heterocycles. The van der Waals surface area contributed by atoms with Crippen molar-refractivity contribution in [3.8, 4) is 0 Å². The number of hydrogen-bond acceptors (Lipinski definition) is 3. The van der Waals surface area contributed by atoms with Gasteiger partial charge in [-0.15, -0.1) is 0 Å². The zero-order chi connectivity index (χ0) is 11.3. The van der Waals surface area contributed by atoms with Crippen LogP contribution in [0.2, 0.25) is 0 Å². The molecule has 1 aromatic carbocycles. The monoisotopic (exact) mass is 274 g/mol. The maximum Gasteiger partial charge on any atom is 0.427 e. The van der Waals surface area contributed by atoms with Crippen molar-refractivity contribution in [2.45, 2.75) is 0 Å². The van der Waals surface area contributed by atoms with Gasteiger partial charge in [0.05, 0.1) is 17.8 Å². The highest BCUT2D eigenvalue weighted by Crippen LogP contribution is 2.15. The van der Waals surface area contributed by atoms with Gasteiger partial charge in [0.2, 0.25) is 0 Å². The standard InChI is InChI=1S/C9H8BrFN2O2/c1-15-9(14)13-12-5-6-2-3-8(11)7(10)4-6/h2-5H,1H3,(H,13,14)/b12-5-. The van der Waals surface area contributed by atoms with E-state index in [1.807, 2.05) is 0 Å². The predicted molar refractivity (Wildman–Crippen MR) is 57.2 cm³/mol. The van der Waals surface area contributed by atoms with Crippen molar-refractivity contribution >= 4 is 28.2 Å². The van der Waals surface area contributed by atoms with Crippen LogP contribution in [0.15, 0.2) is 27.8 Å². The Bertz CT molecular complexity index is 396. The molecule has 0 aliphatic carbocycles. The minimum atomic E-state index is -0.660. The number of halogens is 2. The van der Waals surface area contributed by atoms with Crippen molar-refractivity contribution < 1.29 is 13.9 Å². The van der Waals surface area contributed by atoms with E-state index in [9.17, 15) is 9.18 Å². The van der Waals surface area contributed by atoms with Crippen LogP contribution >= 0.6 is 15.9 Å². The first kappa shape index (κ1) is 11.6. The Hall–Kier alpha value is -1.43. The summed E-state index contributed by atoms with van der Waals surface area (Å²) in [5.74, 6) is -0.354. The van der Waals surface area contributed by atoms with Gasteiger partial charge in [0, 0.05) is 0 Å². The molecule has 1 N–H and O–H groups in total. The van der Waals surface area contributed by atoms with E-state index in [0.29, 0.717) is 10.0 Å². The lowest BCUT2D eigenvalue weighted by atomic mass is 10.2. The second-order valence-corrected chi connectivity index (χ2v) is 3.39. The highest BCUT2D eigenvalue weighted by atomic mass is 79.9. The van der Waals surface area contributed by atoms with Gasteiger partial charge in [-0.25, -0.2) is 14.6 Å². The summed E-state index contributed by atoms with van der Waals surface area (Å²) in [4.78, 5) is 10.6. The number of ether oxygens (including phenoxy) is 1. The number of amides is 1. The Morgan fingerprint density at radius 2 is 2.40 bits per heavy atom. The summed E-state index contributed by atoms with van der Waals surface area (Å²) in [7, 11) is 1.24. The lowest BCUT2D eigenvalue weighted by Crippen LogP contribution is -2.16. The number of nitrogens with one attached hydrogen (secondary N) is 1. The number of hydrogen-bond donors (Lipinski definition) is 1. The fourth-order valence-corrected chi connectivity index (χ4v) is 1.19. The summed E-state index contributed by atoms with van der Waals surface area (Å²) in [5, 5.41) is 3.59. The number of benzene rings is 1. The maximum absolute atomic E-state index is 12.8. The molecule has 0 aliphatic rings. The van der Waals surface area contributed by atoms with E-state index in [1.165, 1.54) is 31.5 Å². The number of rotatable bonds is 2.